The van der Waals surface area contributed by atoms with Crippen molar-refractivity contribution < 1.29 is 4.79 Å². The molecule has 14 heavy (non-hydrogen) atoms. The third-order valence-corrected chi connectivity index (χ3v) is 3.96. The molecule has 1 aromatic carbocycles. The minimum Gasteiger partial charge on any atom is -0.293 e. The summed E-state index contributed by atoms with van der Waals surface area (Å²) < 4.78 is 0. The van der Waals surface area contributed by atoms with E-state index in [2.05, 4.69) is 15.9 Å². The Bertz CT molecular complexity index is 403. The Morgan fingerprint density at radius 2 is 1.93 bits per heavy atom. The molecule has 2 rings (SSSR count). The number of hydrogen-bond donors (Lipinski definition) is 0. The van der Waals surface area contributed by atoms with Gasteiger partial charge in [-0.1, -0.05) is 39.1 Å². The zero-order valence-electron chi connectivity index (χ0n) is 7.19. The highest BCUT2D eigenvalue weighted by Crippen LogP contribution is 2.32. The molecule has 1 aliphatic carbocycles. The SMILES string of the molecule is O=C1c2cc(Cl)c(Cl)cc2CC[C@@H]1Br. The predicted octanol–water partition coefficient (Wildman–Crippen LogP) is 3.89. The fourth-order valence-electron chi connectivity index (χ4n) is 1.61. The highest BCUT2D eigenvalue weighted by Gasteiger charge is 2.25. The van der Waals surface area contributed by atoms with Crippen LogP contribution in [-0.2, 0) is 6.42 Å². The molecule has 0 bridgehead atoms. The van der Waals surface area contributed by atoms with Crippen LogP contribution in [0, 0.1) is 0 Å². The van der Waals surface area contributed by atoms with Gasteiger partial charge in [-0.3, -0.25) is 4.79 Å². The first-order valence-electron chi connectivity index (χ1n) is 4.26. The van der Waals surface area contributed by atoms with Gasteiger partial charge >= 0.3 is 0 Å². The molecule has 1 nitrogen and oxygen atoms in total. The number of ketones is 1. The highest BCUT2D eigenvalue weighted by atomic mass is 79.9. The van der Waals surface area contributed by atoms with Crippen molar-refractivity contribution in [1.82, 2.24) is 0 Å². The summed E-state index contributed by atoms with van der Waals surface area (Å²) in [6.07, 6.45) is 1.69. The molecule has 0 heterocycles. The second kappa shape index (κ2) is 3.84. The largest absolute Gasteiger partial charge is 0.293 e. The zero-order valence-corrected chi connectivity index (χ0v) is 10.3. The van der Waals surface area contributed by atoms with E-state index in [4.69, 9.17) is 23.2 Å². The van der Waals surface area contributed by atoms with Gasteiger partial charge in [0, 0.05) is 5.56 Å². The average Bonchev–Trinajstić information content (AvgIpc) is 2.15. The number of carbonyl (C=O) groups excluding carboxylic acids is 1. The number of carbonyl (C=O) groups is 1. The van der Waals surface area contributed by atoms with Crippen molar-refractivity contribution in [2.75, 3.05) is 0 Å². The monoisotopic (exact) mass is 292 g/mol. The number of hydrogen-bond acceptors (Lipinski definition) is 1. The standard InChI is InChI=1S/C10H7BrCl2O/c11-7-2-1-5-3-8(12)9(13)4-6(5)10(7)14/h3-4,7H,1-2H2/t7-/m0/s1. The molecule has 0 saturated carbocycles. The van der Waals surface area contributed by atoms with Gasteiger partial charge in [0.25, 0.3) is 0 Å². The Morgan fingerprint density at radius 1 is 1.29 bits per heavy atom. The highest BCUT2D eigenvalue weighted by molar-refractivity contribution is 9.10. The van der Waals surface area contributed by atoms with Crippen LogP contribution in [0.25, 0.3) is 0 Å². The number of rotatable bonds is 0. The van der Waals surface area contributed by atoms with Crippen LogP contribution in [0.2, 0.25) is 10.0 Å². The summed E-state index contributed by atoms with van der Waals surface area (Å²) in [6.45, 7) is 0. The lowest BCUT2D eigenvalue weighted by molar-refractivity contribution is 0.0981. The summed E-state index contributed by atoms with van der Waals surface area (Å²) in [5.41, 5.74) is 1.70. The molecule has 0 N–H and O–H groups in total. The molecule has 0 fully saturated rings. The summed E-state index contributed by atoms with van der Waals surface area (Å²) in [5.74, 6) is 0.102. The topological polar surface area (TPSA) is 17.1 Å². The maximum absolute atomic E-state index is 11.7. The molecule has 74 valence electrons. The number of aryl methyl sites for hydroxylation is 1. The third-order valence-electron chi connectivity index (χ3n) is 2.36. The number of Topliss-reactive ketones (excluding diaryl/α,β-unsaturated/α-hetero) is 1. The fourth-order valence-corrected chi connectivity index (χ4v) is 2.43. The Hall–Kier alpha value is -0.0500. The molecule has 0 aromatic heterocycles. The van der Waals surface area contributed by atoms with Crippen molar-refractivity contribution in [2.45, 2.75) is 17.7 Å². The predicted molar refractivity (Wildman–Crippen MR) is 61.8 cm³/mol. The Morgan fingerprint density at radius 3 is 2.64 bits per heavy atom. The molecule has 0 radical (unpaired) electrons. The molecule has 1 atom stereocenters. The molecule has 0 aliphatic heterocycles. The lowest BCUT2D eigenvalue weighted by Gasteiger charge is -2.19. The molecule has 4 heteroatoms. The Labute approximate surface area is 101 Å². The van der Waals surface area contributed by atoms with Crippen molar-refractivity contribution in [2.24, 2.45) is 0 Å². The van der Waals surface area contributed by atoms with E-state index in [9.17, 15) is 4.79 Å². The van der Waals surface area contributed by atoms with Gasteiger partial charge < -0.3 is 0 Å². The molecule has 1 aliphatic rings. The van der Waals surface area contributed by atoms with Gasteiger partial charge in [-0.2, -0.15) is 0 Å². The molecular weight excluding hydrogens is 287 g/mol. The van der Waals surface area contributed by atoms with Gasteiger partial charge in [0.1, 0.15) is 0 Å². The lowest BCUT2D eigenvalue weighted by atomic mass is 9.91. The van der Waals surface area contributed by atoms with Gasteiger partial charge in [-0.05, 0) is 30.5 Å². The molecule has 0 amide bonds. The first-order valence-corrected chi connectivity index (χ1v) is 5.93. The maximum atomic E-state index is 11.7. The summed E-state index contributed by atoms with van der Waals surface area (Å²) in [4.78, 5) is 11.7. The van der Waals surface area contributed by atoms with E-state index in [0.29, 0.717) is 15.6 Å². The van der Waals surface area contributed by atoms with Crippen LogP contribution in [0.4, 0.5) is 0 Å². The minimum absolute atomic E-state index is 0.0766. The van der Waals surface area contributed by atoms with E-state index in [1.165, 1.54) is 0 Å². The van der Waals surface area contributed by atoms with Crippen LogP contribution in [0.15, 0.2) is 12.1 Å². The summed E-state index contributed by atoms with van der Waals surface area (Å²) in [6, 6.07) is 3.45. The van der Waals surface area contributed by atoms with E-state index in [1.807, 2.05) is 0 Å². The van der Waals surface area contributed by atoms with Gasteiger partial charge in [0.15, 0.2) is 5.78 Å². The number of benzene rings is 1. The third kappa shape index (κ3) is 1.71. The number of fused-ring (bicyclic) bond motifs is 1. The van der Waals surface area contributed by atoms with Crippen LogP contribution < -0.4 is 0 Å². The van der Waals surface area contributed by atoms with Crippen LogP contribution in [0.3, 0.4) is 0 Å². The number of alkyl halides is 1. The summed E-state index contributed by atoms with van der Waals surface area (Å²) >= 11 is 15.1. The quantitative estimate of drug-likeness (QED) is 0.663. The molecule has 0 saturated heterocycles. The average molecular weight is 294 g/mol. The smallest absolute Gasteiger partial charge is 0.176 e. The van der Waals surface area contributed by atoms with Crippen molar-refractivity contribution >= 4 is 44.9 Å². The van der Waals surface area contributed by atoms with Gasteiger partial charge in [-0.15, -0.1) is 0 Å². The fraction of sp³-hybridized carbons (Fsp3) is 0.300. The van der Waals surface area contributed by atoms with Crippen molar-refractivity contribution in [1.29, 1.82) is 0 Å². The molecule has 0 unspecified atom stereocenters. The van der Waals surface area contributed by atoms with E-state index in [-0.39, 0.29) is 10.6 Å². The first kappa shape index (κ1) is 10.5. The van der Waals surface area contributed by atoms with Crippen LogP contribution in [0.5, 0.6) is 0 Å². The van der Waals surface area contributed by atoms with Gasteiger partial charge in [0.05, 0.1) is 14.9 Å². The van der Waals surface area contributed by atoms with Gasteiger partial charge in [-0.25, -0.2) is 0 Å². The second-order valence-corrected chi connectivity index (χ2v) is 5.21. The first-order chi connectivity index (χ1) is 6.59. The molecular formula is C10H7BrCl2O. The maximum Gasteiger partial charge on any atom is 0.176 e. The molecule has 1 aromatic rings. The van der Waals surface area contributed by atoms with E-state index in [0.717, 1.165) is 18.4 Å². The normalized spacial score (nSPS) is 20.8. The lowest BCUT2D eigenvalue weighted by Crippen LogP contribution is -2.22. The van der Waals surface area contributed by atoms with Crippen molar-refractivity contribution in [3.8, 4) is 0 Å². The second-order valence-electron chi connectivity index (χ2n) is 3.29. The van der Waals surface area contributed by atoms with Crippen molar-refractivity contribution in [3.05, 3.63) is 33.3 Å². The minimum atomic E-state index is -0.0766. The van der Waals surface area contributed by atoms with E-state index < -0.39 is 0 Å². The van der Waals surface area contributed by atoms with Crippen LogP contribution in [-0.4, -0.2) is 10.6 Å². The van der Waals surface area contributed by atoms with Crippen LogP contribution >= 0.6 is 39.1 Å². The molecule has 0 spiro atoms. The Kier molecular flexibility index (Phi) is 2.87. The summed E-state index contributed by atoms with van der Waals surface area (Å²) in [5, 5.41) is 0.964. The van der Waals surface area contributed by atoms with E-state index >= 15 is 0 Å². The van der Waals surface area contributed by atoms with E-state index in [1.54, 1.807) is 12.1 Å². The van der Waals surface area contributed by atoms with Crippen molar-refractivity contribution in [3.63, 3.8) is 0 Å². The summed E-state index contributed by atoms with van der Waals surface area (Å²) in [7, 11) is 0. The van der Waals surface area contributed by atoms with Gasteiger partial charge in [0.2, 0.25) is 0 Å². The Balaban J connectivity index is 2.56. The zero-order chi connectivity index (χ0) is 10.3. The van der Waals surface area contributed by atoms with Crippen LogP contribution in [0.1, 0.15) is 22.3 Å². The number of halogens is 3.